The summed E-state index contributed by atoms with van der Waals surface area (Å²) in [4.78, 5) is 22.4. The lowest BCUT2D eigenvalue weighted by Gasteiger charge is -2.29. The molecule has 0 bridgehead atoms. The number of anilines is 1. The van der Waals surface area contributed by atoms with Crippen LogP contribution in [0.4, 0.5) is 5.82 Å². The first-order chi connectivity index (χ1) is 16.6. The summed E-state index contributed by atoms with van der Waals surface area (Å²) >= 11 is 0. The van der Waals surface area contributed by atoms with E-state index in [2.05, 4.69) is 30.0 Å². The van der Waals surface area contributed by atoms with E-state index >= 15 is 0 Å². The van der Waals surface area contributed by atoms with Gasteiger partial charge in [0.2, 0.25) is 10.0 Å². The Bertz CT molecular complexity index is 1390. The summed E-state index contributed by atoms with van der Waals surface area (Å²) in [5.74, 6) is 1.99. The Kier molecular flexibility index (Phi) is 6.84. The second kappa shape index (κ2) is 9.68. The molecule has 3 N–H and O–H groups in total. The van der Waals surface area contributed by atoms with Crippen LogP contribution in [-0.4, -0.2) is 55.9 Å². The van der Waals surface area contributed by atoms with Crippen LogP contribution in [0.3, 0.4) is 0 Å². The third kappa shape index (κ3) is 5.31. The molecule has 0 amide bonds. The summed E-state index contributed by atoms with van der Waals surface area (Å²) in [5, 5.41) is 12.1. The van der Waals surface area contributed by atoms with Gasteiger partial charge < -0.3 is 15.3 Å². The van der Waals surface area contributed by atoms with Crippen molar-refractivity contribution in [2.75, 3.05) is 11.6 Å². The molecule has 0 fully saturated rings. The Balaban J connectivity index is 1.68. The summed E-state index contributed by atoms with van der Waals surface area (Å²) in [7, 11) is -3.42. The van der Waals surface area contributed by atoms with Gasteiger partial charge in [-0.2, -0.15) is 0 Å². The minimum Gasteiger partial charge on any atom is -0.365 e. The predicted molar refractivity (Wildman–Crippen MR) is 136 cm³/mol. The first-order valence-electron chi connectivity index (χ1n) is 11.6. The lowest BCUT2D eigenvalue weighted by atomic mass is 9.86. The molecule has 186 valence electrons. The predicted octanol–water partition coefficient (Wildman–Crippen LogP) is 3.06. The van der Waals surface area contributed by atoms with Crippen molar-refractivity contribution in [2.45, 2.75) is 59.5 Å². The number of aromatic nitrogens is 6. The van der Waals surface area contributed by atoms with Crippen molar-refractivity contribution in [1.82, 2.24) is 34.2 Å². The smallest absolute Gasteiger partial charge is 0.229 e. The van der Waals surface area contributed by atoms with E-state index in [9.17, 15) is 8.42 Å². The Morgan fingerprint density at radius 3 is 2.57 bits per heavy atom. The van der Waals surface area contributed by atoms with Gasteiger partial charge in [-0.05, 0) is 44.6 Å². The maximum Gasteiger partial charge on any atom is 0.229 e. The molecule has 0 radical (unpaired) electrons. The molecule has 1 atom stereocenters. The average molecular weight is 498 g/mol. The highest BCUT2D eigenvalue weighted by atomic mass is 32.2. The van der Waals surface area contributed by atoms with Gasteiger partial charge in [0.05, 0.1) is 11.8 Å². The monoisotopic (exact) mass is 497 g/mol. The lowest BCUT2D eigenvalue weighted by molar-refractivity contribution is 0.572. The molecule has 3 aromatic rings. The Morgan fingerprint density at radius 2 is 1.94 bits per heavy atom. The van der Waals surface area contributed by atoms with E-state index in [1.54, 1.807) is 12.4 Å². The van der Waals surface area contributed by atoms with Crippen molar-refractivity contribution in [1.29, 1.82) is 5.41 Å². The Labute approximate surface area is 205 Å². The van der Waals surface area contributed by atoms with Gasteiger partial charge in [0.1, 0.15) is 18.0 Å². The van der Waals surface area contributed by atoms with Crippen LogP contribution in [-0.2, 0) is 16.6 Å². The van der Waals surface area contributed by atoms with Crippen LogP contribution < -0.4 is 10.0 Å². The molecule has 12 heteroatoms. The fourth-order valence-electron chi connectivity index (χ4n) is 4.29. The van der Waals surface area contributed by atoms with Crippen LogP contribution in [0.15, 0.2) is 30.0 Å². The maximum absolute atomic E-state index is 11.9. The van der Waals surface area contributed by atoms with E-state index in [4.69, 9.17) is 10.4 Å². The van der Waals surface area contributed by atoms with E-state index in [-0.39, 0.29) is 12.0 Å². The van der Waals surface area contributed by atoms with Gasteiger partial charge in [0, 0.05) is 36.4 Å². The number of sulfonamides is 1. The largest absolute Gasteiger partial charge is 0.365 e. The molecule has 1 aliphatic rings. The molecule has 0 saturated heterocycles. The lowest BCUT2D eigenvalue weighted by Crippen LogP contribution is -2.33. The standard InChI is InChI=1S/C23H31N9O2S/c1-6-32-22(15-10-25-14(4)26-11-15)30-20-21(27-12-28-23(20)32)29-16-7-8-18(31-35(5,33)34)17(9-16)19(24)13(2)3/h10-13,16,24,31H,6-9H2,1-5H3,(H,27,28,29). The van der Waals surface area contributed by atoms with Crippen LogP contribution >= 0.6 is 0 Å². The number of hydrogen-bond donors (Lipinski definition) is 3. The van der Waals surface area contributed by atoms with Crippen molar-refractivity contribution in [3.63, 3.8) is 0 Å². The zero-order valence-electron chi connectivity index (χ0n) is 20.6. The summed E-state index contributed by atoms with van der Waals surface area (Å²) in [6, 6.07) is -0.0368. The third-order valence-electron chi connectivity index (χ3n) is 6.00. The molecule has 0 aliphatic heterocycles. The SMILES string of the molecule is CCn1c(-c2cnc(C)nc2)nc2c(NC3CCC(NS(C)(=O)=O)=C(C(=N)C(C)C)C3)ncnc21. The molecule has 11 nitrogen and oxygen atoms in total. The molecular formula is C23H31N9O2S. The van der Waals surface area contributed by atoms with Crippen molar-refractivity contribution >= 4 is 32.7 Å². The summed E-state index contributed by atoms with van der Waals surface area (Å²) < 4.78 is 28.4. The minimum absolute atomic E-state index is 0.0228. The fourth-order valence-corrected chi connectivity index (χ4v) is 4.96. The highest BCUT2D eigenvalue weighted by Gasteiger charge is 2.27. The van der Waals surface area contributed by atoms with E-state index in [1.165, 1.54) is 6.33 Å². The number of nitrogens with one attached hydrogen (secondary N) is 3. The molecule has 0 aromatic carbocycles. The van der Waals surface area contributed by atoms with Crippen molar-refractivity contribution in [2.24, 2.45) is 5.92 Å². The van der Waals surface area contributed by atoms with Crippen molar-refractivity contribution in [3.05, 3.63) is 35.8 Å². The number of rotatable bonds is 8. The van der Waals surface area contributed by atoms with Crippen molar-refractivity contribution < 1.29 is 8.42 Å². The second-order valence-corrected chi connectivity index (χ2v) is 10.8. The zero-order chi connectivity index (χ0) is 25.3. The molecule has 1 aliphatic carbocycles. The number of hydrogen-bond acceptors (Lipinski definition) is 9. The van der Waals surface area contributed by atoms with Crippen LogP contribution in [0.25, 0.3) is 22.6 Å². The van der Waals surface area contributed by atoms with E-state index in [0.717, 1.165) is 23.2 Å². The van der Waals surface area contributed by atoms with Gasteiger partial charge in [-0.3, -0.25) is 4.72 Å². The topological polar surface area (TPSA) is 151 Å². The first kappa shape index (κ1) is 24.7. The fraction of sp³-hybridized carbons (Fsp3) is 0.478. The minimum atomic E-state index is -3.42. The number of fused-ring (bicyclic) bond motifs is 1. The van der Waals surface area contributed by atoms with Gasteiger partial charge >= 0.3 is 0 Å². The van der Waals surface area contributed by atoms with Gasteiger partial charge in [0.15, 0.2) is 17.0 Å². The van der Waals surface area contributed by atoms with Crippen molar-refractivity contribution in [3.8, 4) is 11.4 Å². The number of imidazole rings is 1. The molecule has 1 unspecified atom stereocenters. The number of nitrogens with zero attached hydrogens (tertiary/aromatic N) is 6. The number of aryl methyl sites for hydroxylation is 2. The average Bonchev–Trinajstić information content (AvgIpc) is 3.18. The maximum atomic E-state index is 11.9. The zero-order valence-corrected chi connectivity index (χ0v) is 21.4. The summed E-state index contributed by atoms with van der Waals surface area (Å²) in [5.41, 5.74) is 3.93. The van der Waals surface area contributed by atoms with Crippen LogP contribution in [0.5, 0.6) is 0 Å². The van der Waals surface area contributed by atoms with E-state index in [1.807, 2.05) is 32.3 Å². The normalized spacial score (nSPS) is 16.7. The van der Waals surface area contributed by atoms with Gasteiger partial charge in [-0.1, -0.05) is 13.8 Å². The van der Waals surface area contributed by atoms with E-state index in [0.29, 0.717) is 60.0 Å². The first-order valence-corrected chi connectivity index (χ1v) is 13.5. The van der Waals surface area contributed by atoms with E-state index < -0.39 is 10.0 Å². The van der Waals surface area contributed by atoms with Crippen LogP contribution in [0, 0.1) is 18.3 Å². The van der Waals surface area contributed by atoms with Crippen LogP contribution in [0.2, 0.25) is 0 Å². The molecule has 0 saturated carbocycles. The Hall–Kier alpha value is -3.41. The molecule has 3 heterocycles. The van der Waals surface area contributed by atoms with Gasteiger partial charge in [-0.25, -0.2) is 33.3 Å². The molecule has 35 heavy (non-hydrogen) atoms. The summed E-state index contributed by atoms with van der Waals surface area (Å²) in [6.45, 7) is 8.40. The molecule has 0 spiro atoms. The Morgan fingerprint density at radius 1 is 1.23 bits per heavy atom. The second-order valence-electron chi connectivity index (χ2n) is 9.08. The number of allylic oxidation sites excluding steroid dienone is 1. The van der Waals surface area contributed by atoms with Crippen LogP contribution in [0.1, 0.15) is 45.9 Å². The summed E-state index contributed by atoms with van der Waals surface area (Å²) in [6.07, 6.45) is 7.86. The highest BCUT2D eigenvalue weighted by Crippen LogP contribution is 2.31. The molecule has 4 rings (SSSR count). The highest BCUT2D eigenvalue weighted by molar-refractivity contribution is 7.88. The van der Waals surface area contributed by atoms with Gasteiger partial charge in [-0.15, -0.1) is 0 Å². The molecular weight excluding hydrogens is 466 g/mol. The molecule has 3 aromatic heterocycles. The van der Waals surface area contributed by atoms with Gasteiger partial charge in [0.25, 0.3) is 0 Å². The third-order valence-corrected chi connectivity index (χ3v) is 6.61. The quantitative estimate of drug-likeness (QED) is 0.402.